The lowest BCUT2D eigenvalue weighted by Crippen LogP contribution is -2.25. The third-order valence-electron chi connectivity index (χ3n) is 2.77. The van der Waals surface area contributed by atoms with Crippen molar-refractivity contribution in [3.8, 4) is 0 Å². The molecular formula is C9H13NO2. The van der Waals surface area contributed by atoms with E-state index in [2.05, 4.69) is 6.08 Å². The van der Waals surface area contributed by atoms with Gasteiger partial charge in [-0.2, -0.15) is 0 Å². The van der Waals surface area contributed by atoms with Gasteiger partial charge in [-0.25, -0.2) is 4.79 Å². The first-order valence-electron chi connectivity index (χ1n) is 4.49. The Bertz CT molecular complexity index is 235. The molecule has 1 heterocycles. The van der Waals surface area contributed by atoms with Gasteiger partial charge in [0.25, 0.3) is 0 Å². The van der Waals surface area contributed by atoms with E-state index in [4.69, 9.17) is 5.11 Å². The van der Waals surface area contributed by atoms with Crippen LogP contribution in [0.5, 0.6) is 0 Å². The molecule has 1 atom stereocenters. The van der Waals surface area contributed by atoms with Crippen molar-refractivity contribution in [1.29, 1.82) is 0 Å². The van der Waals surface area contributed by atoms with E-state index in [1.165, 1.54) is 17.7 Å². The fourth-order valence-electron chi connectivity index (χ4n) is 2.17. The highest BCUT2D eigenvalue weighted by Crippen LogP contribution is 2.35. The monoisotopic (exact) mass is 167 g/mol. The van der Waals surface area contributed by atoms with Gasteiger partial charge in [0.1, 0.15) is 0 Å². The maximum Gasteiger partial charge on any atom is 0.411 e. The van der Waals surface area contributed by atoms with Gasteiger partial charge in [0.05, 0.1) is 0 Å². The Balaban J connectivity index is 2.20. The minimum Gasteiger partial charge on any atom is -0.465 e. The molecule has 0 aromatic heterocycles. The van der Waals surface area contributed by atoms with Gasteiger partial charge in [0.2, 0.25) is 0 Å². The lowest BCUT2D eigenvalue weighted by Gasteiger charge is -2.20. The number of rotatable bonds is 0. The van der Waals surface area contributed by atoms with E-state index in [0.717, 1.165) is 18.5 Å². The Morgan fingerprint density at radius 1 is 1.58 bits per heavy atom. The van der Waals surface area contributed by atoms with E-state index in [-0.39, 0.29) is 0 Å². The van der Waals surface area contributed by atoms with Crippen LogP contribution in [0, 0.1) is 5.92 Å². The molecule has 0 aromatic rings. The predicted octanol–water partition coefficient (Wildman–Crippen LogP) is 2.05. The van der Waals surface area contributed by atoms with Crippen molar-refractivity contribution in [2.75, 3.05) is 6.54 Å². The van der Waals surface area contributed by atoms with Gasteiger partial charge in [-0.1, -0.05) is 6.08 Å². The number of hydrogen-bond acceptors (Lipinski definition) is 1. The molecule has 3 nitrogen and oxygen atoms in total. The normalized spacial score (nSPS) is 28.2. The van der Waals surface area contributed by atoms with E-state index < -0.39 is 6.09 Å². The first-order valence-corrected chi connectivity index (χ1v) is 4.49. The molecule has 12 heavy (non-hydrogen) atoms. The second-order valence-electron chi connectivity index (χ2n) is 3.48. The zero-order chi connectivity index (χ0) is 8.55. The van der Waals surface area contributed by atoms with Gasteiger partial charge in [-0.15, -0.1) is 0 Å². The fraction of sp³-hybridized carbons (Fsp3) is 0.667. The zero-order valence-corrected chi connectivity index (χ0v) is 6.99. The fourth-order valence-corrected chi connectivity index (χ4v) is 2.17. The largest absolute Gasteiger partial charge is 0.465 e. The van der Waals surface area contributed by atoms with Crippen molar-refractivity contribution in [3.05, 3.63) is 11.8 Å². The van der Waals surface area contributed by atoms with Crippen LogP contribution in [0.25, 0.3) is 0 Å². The van der Waals surface area contributed by atoms with Crippen LogP contribution in [0.15, 0.2) is 11.8 Å². The van der Waals surface area contributed by atoms with Crippen molar-refractivity contribution in [1.82, 2.24) is 4.90 Å². The van der Waals surface area contributed by atoms with Gasteiger partial charge >= 0.3 is 6.09 Å². The Morgan fingerprint density at radius 2 is 2.42 bits per heavy atom. The Hall–Kier alpha value is -0.990. The predicted molar refractivity (Wildman–Crippen MR) is 44.8 cm³/mol. The summed E-state index contributed by atoms with van der Waals surface area (Å²) in [4.78, 5) is 12.2. The van der Waals surface area contributed by atoms with Crippen molar-refractivity contribution in [2.45, 2.75) is 25.7 Å². The number of hydrogen-bond donors (Lipinski definition) is 1. The van der Waals surface area contributed by atoms with Gasteiger partial charge in [0.15, 0.2) is 0 Å². The lowest BCUT2D eigenvalue weighted by atomic mass is 9.93. The summed E-state index contributed by atoms with van der Waals surface area (Å²) in [6.07, 6.45) is 5.78. The van der Waals surface area contributed by atoms with Crippen molar-refractivity contribution < 1.29 is 9.90 Å². The van der Waals surface area contributed by atoms with Crippen molar-refractivity contribution in [2.24, 2.45) is 5.92 Å². The molecule has 66 valence electrons. The molecule has 1 fully saturated rings. The molecule has 0 bridgehead atoms. The number of nitrogens with zero attached hydrogens (tertiary/aromatic N) is 1. The maximum absolute atomic E-state index is 10.7. The van der Waals surface area contributed by atoms with E-state index in [9.17, 15) is 4.79 Å². The van der Waals surface area contributed by atoms with Crippen LogP contribution in [-0.2, 0) is 0 Å². The Morgan fingerprint density at radius 3 is 3.17 bits per heavy atom. The van der Waals surface area contributed by atoms with Gasteiger partial charge < -0.3 is 5.11 Å². The molecule has 0 radical (unpaired) electrons. The molecule has 0 saturated carbocycles. The molecule has 2 rings (SSSR count). The standard InChI is InChI=1S/C9H13NO2/c11-9(12)10-6-5-7-3-1-2-4-8(7)10/h4,7H,1-3,5-6H2,(H,11,12). The highest BCUT2D eigenvalue weighted by atomic mass is 16.4. The van der Waals surface area contributed by atoms with Crippen LogP contribution in [0.4, 0.5) is 4.79 Å². The second kappa shape index (κ2) is 2.81. The van der Waals surface area contributed by atoms with Crippen LogP contribution >= 0.6 is 0 Å². The van der Waals surface area contributed by atoms with Gasteiger partial charge in [-0.3, -0.25) is 4.90 Å². The average Bonchev–Trinajstić information content (AvgIpc) is 2.47. The molecule has 0 aromatic carbocycles. The van der Waals surface area contributed by atoms with E-state index in [1.54, 1.807) is 0 Å². The van der Waals surface area contributed by atoms with Crippen LogP contribution in [0.1, 0.15) is 25.7 Å². The van der Waals surface area contributed by atoms with Gasteiger partial charge in [0, 0.05) is 18.2 Å². The summed E-state index contributed by atoms with van der Waals surface area (Å²) >= 11 is 0. The Kier molecular flexibility index (Phi) is 1.79. The number of fused-ring (bicyclic) bond motifs is 1. The first kappa shape index (κ1) is 7.65. The molecule has 1 N–H and O–H groups in total. The highest BCUT2D eigenvalue weighted by molar-refractivity contribution is 5.68. The Labute approximate surface area is 71.7 Å². The van der Waals surface area contributed by atoms with Crippen LogP contribution in [0.3, 0.4) is 0 Å². The third-order valence-corrected chi connectivity index (χ3v) is 2.77. The molecule has 1 saturated heterocycles. The minimum absolute atomic E-state index is 0.537. The van der Waals surface area contributed by atoms with Gasteiger partial charge in [-0.05, 0) is 25.7 Å². The summed E-state index contributed by atoms with van der Waals surface area (Å²) in [5.41, 5.74) is 1.06. The highest BCUT2D eigenvalue weighted by Gasteiger charge is 2.32. The molecule has 3 heteroatoms. The topological polar surface area (TPSA) is 40.5 Å². The average molecular weight is 167 g/mol. The molecule has 1 aliphatic carbocycles. The minimum atomic E-state index is -0.786. The number of carbonyl (C=O) groups is 1. The summed E-state index contributed by atoms with van der Waals surface area (Å²) in [7, 11) is 0. The summed E-state index contributed by atoms with van der Waals surface area (Å²) in [5.74, 6) is 0.537. The maximum atomic E-state index is 10.7. The van der Waals surface area contributed by atoms with Crippen molar-refractivity contribution >= 4 is 6.09 Å². The third kappa shape index (κ3) is 1.09. The lowest BCUT2D eigenvalue weighted by molar-refractivity contribution is 0.163. The summed E-state index contributed by atoms with van der Waals surface area (Å²) in [6.45, 7) is 0.700. The first-order chi connectivity index (χ1) is 5.79. The van der Waals surface area contributed by atoms with E-state index >= 15 is 0 Å². The van der Waals surface area contributed by atoms with Crippen LogP contribution in [-0.4, -0.2) is 22.6 Å². The SMILES string of the molecule is O=C(O)N1CCC2CCCC=C21. The number of allylic oxidation sites excluding steroid dienone is 2. The molecule has 2 aliphatic rings. The van der Waals surface area contributed by atoms with Crippen LogP contribution < -0.4 is 0 Å². The zero-order valence-electron chi connectivity index (χ0n) is 6.99. The van der Waals surface area contributed by atoms with E-state index in [0.29, 0.717) is 12.5 Å². The molecule has 1 unspecified atom stereocenters. The number of carboxylic acid groups (broad SMARTS) is 1. The van der Waals surface area contributed by atoms with E-state index in [1.807, 2.05) is 0 Å². The smallest absolute Gasteiger partial charge is 0.411 e. The quantitative estimate of drug-likeness (QED) is 0.599. The summed E-state index contributed by atoms with van der Waals surface area (Å²) in [6, 6.07) is 0. The molecule has 1 aliphatic heterocycles. The number of amides is 1. The van der Waals surface area contributed by atoms with Crippen LogP contribution in [0.2, 0.25) is 0 Å². The van der Waals surface area contributed by atoms with Crippen molar-refractivity contribution in [3.63, 3.8) is 0 Å². The summed E-state index contributed by atoms with van der Waals surface area (Å²) < 4.78 is 0. The number of likely N-dealkylation sites (tertiary alicyclic amines) is 1. The molecular weight excluding hydrogens is 154 g/mol. The summed E-state index contributed by atoms with van der Waals surface area (Å²) in [5, 5.41) is 8.84. The second-order valence-corrected chi connectivity index (χ2v) is 3.48. The molecule has 0 spiro atoms. The molecule has 1 amide bonds.